The van der Waals surface area contributed by atoms with Crippen LogP contribution in [0.3, 0.4) is 0 Å². The van der Waals surface area contributed by atoms with Crippen LogP contribution < -0.4 is 0 Å². The molecule has 0 radical (unpaired) electrons. The van der Waals surface area contributed by atoms with E-state index in [-0.39, 0.29) is 11.6 Å². The van der Waals surface area contributed by atoms with E-state index >= 15 is 0 Å². The second kappa shape index (κ2) is 7.27. The molecule has 0 aromatic heterocycles. The number of hydrogen-bond donors (Lipinski definition) is 0. The predicted octanol–water partition coefficient (Wildman–Crippen LogP) is 3.64. The van der Waals surface area contributed by atoms with Gasteiger partial charge >= 0.3 is 11.9 Å². The standard InChI is InChI=1S/C22H20O5/c1-14(23)13-20(25)27-21(26)22(11-12-22)19-9-7-18(8-10-19)17-5-3-16(4-6-17)15(2)24/h3-10H,11-13H2,1-2H3. The molecule has 0 aliphatic heterocycles. The molecule has 1 aliphatic carbocycles. The smallest absolute Gasteiger partial charge is 0.324 e. The maximum absolute atomic E-state index is 12.4. The van der Waals surface area contributed by atoms with E-state index in [1.165, 1.54) is 13.8 Å². The van der Waals surface area contributed by atoms with E-state index in [4.69, 9.17) is 4.74 Å². The molecule has 0 heterocycles. The van der Waals surface area contributed by atoms with E-state index in [0.29, 0.717) is 18.4 Å². The van der Waals surface area contributed by atoms with Gasteiger partial charge in [-0.25, -0.2) is 0 Å². The normalized spacial score (nSPS) is 14.3. The number of carbonyl (C=O) groups excluding carboxylic acids is 4. The topological polar surface area (TPSA) is 77.5 Å². The zero-order valence-corrected chi connectivity index (χ0v) is 15.3. The van der Waals surface area contributed by atoms with Crippen LogP contribution in [0, 0.1) is 0 Å². The highest BCUT2D eigenvalue weighted by atomic mass is 16.6. The molecule has 5 nitrogen and oxygen atoms in total. The second-order valence-electron chi connectivity index (χ2n) is 6.93. The molecular formula is C22H20O5. The number of benzene rings is 2. The Bertz CT molecular complexity index is 903. The van der Waals surface area contributed by atoms with Gasteiger partial charge in [-0.1, -0.05) is 48.5 Å². The Balaban J connectivity index is 1.74. The molecule has 2 aromatic carbocycles. The van der Waals surface area contributed by atoms with Crippen molar-refractivity contribution in [1.82, 2.24) is 0 Å². The second-order valence-corrected chi connectivity index (χ2v) is 6.93. The van der Waals surface area contributed by atoms with E-state index in [1.54, 1.807) is 12.1 Å². The molecule has 1 saturated carbocycles. The molecule has 138 valence electrons. The molecule has 2 aromatic rings. The summed E-state index contributed by atoms with van der Waals surface area (Å²) in [5.74, 6) is -1.71. The summed E-state index contributed by atoms with van der Waals surface area (Å²) in [6, 6.07) is 14.9. The first-order valence-electron chi connectivity index (χ1n) is 8.78. The maximum atomic E-state index is 12.4. The van der Waals surface area contributed by atoms with E-state index in [9.17, 15) is 19.2 Å². The molecule has 0 bridgehead atoms. The summed E-state index contributed by atoms with van der Waals surface area (Å²) in [5.41, 5.74) is 2.60. The fraction of sp³-hybridized carbons (Fsp3) is 0.273. The van der Waals surface area contributed by atoms with Crippen LogP contribution in [0.2, 0.25) is 0 Å². The van der Waals surface area contributed by atoms with E-state index in [0.717, 1.165) is 16.7 Å². The molecule has 0 unspecified atom stereocenters. The number of ketones is 2. The molecule has 27 heavy (non-hydrogen) atoms. The molecule has 1 fully saturated rings. The van der Waals surface area contributed by atoms with Gasteiger partial charge in [0.05, 0.1) is 5.41 Å². The molecule has 0 amide bonds. The fourth-order valence-corrected chi connectivity index (χ4v) is 3.06. The van der Waals surface area contributed by atoms with Crippen LogP contribution >= 0.6 is 0 Å². The minimum atomic E-state index is -0.805. The minimum Gasteiger partial charge on any atom is -0.392 e. The van der Waals surface area contributed by atoms with Gasteiger partial charge in [-0.3, -0.25) is 19.2 Å². The maximum Gasteiger partial charge on any atom is 0.324 e. The van der Waals surface area contributed by atoms with E-state index in [2.05, 4.69) is 0 Å². The van der Waals surface area contributed by atoms with Gasteiger partial charge < -0.3 is 4.74 Å². The number of carbonyl (C=O) groups is 4. The Hall–Kier alpha value is -3.08. The lowest BCUT2D eigenvalue weighted by atomic mass is 9.93. The SMILES string of the molecule is CC(=O)CC(=O)OC(=O)C1(c2ccc(-c3ccc(C(C)=O)cc3)cc2)CC1. The molecule has 5 heteroatoms. The first kappa shape index (κ1) is 18.7. The number of esters is 2. The average Bonchev–Trinajstić information content (AvgIpc) is 3.43. The zero-order valence-electron chi connectivity index (χ0n) is 15.3. The third-order valence-electron chi connectivity index (χ3n) is 4.80. The third-order valence-corrected chi connectivity index (χ3v) is 4.80. The van der Waals surface area contributed by atoms with Crippen LogP contribution in [-0.2, 0) is 24.5 Å². The molecule has 0 spiro atoms. The van der Waals surface area contributed by atoms with Gasteiger partial charge in [-0.2, -0.15) is 0 Å². The van der Waals surface area contributed by atoms with Crippen LogP contribution in [0.15, 0.2) is 48.5 Å². The lowest BCUT2D eigenvalue weighted by Crippen LogP contribution is -2.26. The average molecular weight is 364 g/mol. The van der Waals surface area contributed by atoms with Crippen molar-refractivity contribution >= 4 is 23.5 Å². The molecule has 1 aliphatic rings. The Morgan fingerprint density at radius 2 is 1.37 bits per heavy atom. The van der Waals surface area contributed by atoms with Crippen LogP contribution in [0.1, 0.15) is 49.0 Å². The first-order valence-corrected chi connectivity index (χ1v) is 8.78. The van der Waals surface area contributed by atoms with Gasteiger partial charge in [0, 0.05) is 5.56 Å². The Kier molecular flexibility index (Phi) is 5.04. The third kappa shape index (κ3) is 4.03. The Labute approximate surface area is 157 Å². The van der Waals surface area contributed by atoms with Crippen LogP contribution in [-0.4, -0.2) is 23.5 Å². The van der Waals surface area contributed by atoms with E-state index in [1.807, 2.05) is 36.4 Å². The van der Waals surface area contributed by atoms with Gasteiger partial charge in [0.15, 0.2) is 5.78 Å². The van der Waals surface area contributed by atoms with Gasteiger partial charge in [0.25, 0.3) is 0 Å². The van der Waals surface area contributed by atoms with E-state index < -0.39 is 23.8 Å². The zero-order chi connectivity index (χ0) is 19.6. The van der Waals surface area contributed by atoms with Crippen molar-refractivity contribution in [2.75, 3.05) is 0 Å². The highest BCUT2D eigenvalue weighted by molar-refractivity contribution is 6.01. The molecule has 0 saturated heterocycles. The Morgan fingerprint density at radius 1 is 0.852 bits per heavy atom. The van der Waals surface area contributed by atoms with Crippen molar-refractivity contribution in [3.63, 3.8) is 0 Å². The number of Topliss-reactive ketones (excluding diaryl/α,β-unsaturated/α-hetero) is 2. The number of hydrogen-bond acceptors (Lipinski definition) is 5. The minimum absolute atomic E-state index is 0.0189. The molecule has 0 N–H and O–H groups in total. The number of ether oxygens (including phenoxy) is 1. The van der Waals surface area contributed by atoms with Gasteiger partial charge in [-0.05, 0) is 43.4 Å². The Morgan fingerprint density at radius 3 is 1.81 bits per heavy atom. The van der Waals surface area contributed by atoms with Crippen LogP contribution in [0.4, 0.5) is 0 Å². The van der Waals surface area contributed by atoms with Crippen molar-refractivity contribution in [2.45, 2.75) is 38.5 Å². The summed E-state index contributed by atoms with van der Waals surface area (Å²) in [6.07, 6.45) is 0.842. The van der Waals surface area contributed by atoms with Crippen molar-refractivity contribution in [3.8, 4) is 11.1 Å². The summed E-state index contributed by atoms with van der Waals surface area (Å²) in [5, 5.41) is 0. The predicted molar refractivity (Wildman–Crippen MR) is 99.2 cm³/mol. The summed E-state index contributed by atoms with van der Waals surface area (Å²) in [6.45, 7) is 2.80. The number of rotatable bonds is 6. The molecule has 0 atom stereocenters. The van der Waals surface area contributed by atoms with Crippen molar-refractivity contribution in [2.24, 2.45) is 0 Å². The largest absolute Gasteiger partial charge is 0.392 e. The highest BCUT2D eigenvalue weighted by Gasteiger charge is 2.53. The van der Waals surface area contributed by atoms with Crippen molar-refractivity contribution < 1.29 is 23.9 Å². The van der Waals surface area contributed by atoms with Crippen LogP contribution in [0.25, 0.3) is 11.1 Å². The van der Waals surface area contributed by atoms with Gasteiger partial charge in [-0.15, -0.1) is 0 Å². The fourth-order valence-electron chi connectivity index (χ4n) is 3.06. The summed E-state index contributed by atoms with van der Waals surface area (Å²) in [7, 11) is 0. The lowest BCUT2D eigenvalue weighted by molar-refractivity contribution is -0.161. The van der Waals surface area contributed by atoms with Crippen molar-refractivity contribution in [1.29, 1.82) is 0 Å². The van der Waals surface area contributed by atoms with Crippen molar-refractivity contribution in [3.05, 3.63) is 59.7 Å². The lowest BCUT2D eigenvalue weighted by Gasteiger charge is -2.14. The first-order chi connectivity index (χ1) is 12.8. The van der Waals surface area contributed by atoms with Gasteiger partial charge in [0.1, 0.15) is 12.2 Å². The van der Waals surface area contributed by atoms with Crippen LogP contribution in [0.5, 0.6) is 0 Å². The highest BCUT2D eigenvalue weighted by Crippen LogP contribution is 2.49. The summed E-state index contributed by atoms with van der Waals surface area (Å²) >= 11 is 0. The molecular weight excluding hydrogens is 344 g/mol. The summed E-state index contributed by atoms with van der Waals surface area (Å²) in [4.78, 5) is 46.3. The quantitative estimate of drug-likeness (QED) is 0.444. The van der Waals surface area contributed by atoms with Gasteiger partial charge in [0.2, 0.25) is 0 Å². The monoisotopic (exact) mass is 364 g/mol. The summed E-state index contributed by atoms with van der Waals surface area (Å²) < 4.78 is 4.86. The molecule has 3 rings (SSSR count).